The molecule has 1 amide bonds. The number of hydrogen-bond acceptors (Lipinski definition) is 4. The van der Waals surface area contributed by atoms with E-state index in [4.69, 9.17) is 14.1 Å². The van der Waals surface area contributed by atoms with Gasteiger partial charge in [-0.25, -0.2) is 0 Å². The second kappa shape index (κ2) is 12.5. The minimum Gasteiger partial charge on any atom is -0.494 e. The summed E-state index contributed by atoms with van der Waals surface area (Å²) in [5.74, 6) is 2.17. The lowest BCUT2D eigenvalue weighted by Crippen LogP contribution is -2.53. The van der Waals surface area contributed by atoms with E-state index in [1.165, 1.54) is 11.8 Å². The lowest BCUT2D eigenvalue weighted by atomic mass is 10.1. The maximum absolute atomic E-state index is 12.4. The van der Waals surface area contributed by atoms with Gasteiger partial charge in [0.1, 0.15) is 5.75 Å². The van der Waals surface area contributed by atoms with Crippen LogP contribution in [-0.4, -0.2) is 67.5 Å². The SMILES string of the molecule is CCNC(=NCCc1ccccc1OCC)N1CCN(C(=O)c2ccco2)CC1.I. The average Bonchev–Trinajstić information content (AvgIpc) is 3.29. The maximum atomic E-state index is 12.4. The molecule has 1 aromatic carbocycles. The Balaban J connectivity index is 0.00000320. The second-order valence-electron chi connectivity index (χ2n) is 6.78. The number of nitrogens with one attached hydrogen (secondary N) is 1. The van der Waals surface area contributed by atoms with Crippen LogP contribution in [0.3, 0.4) is 0 Å². The number of aliphatic imine (C=N–C) groups is 1. The molecule has 0 radical (unpaired) electrons. The molecule has 1 aliphatic heterocycles. The third-order valence-corrected chi connectivity index (χ3v) is 4.85. The number of benzene rings is 1. The summed E-state index contributed by atoms with van der Waals surface area (Å²) in [5, 5.41) is 3.37. The summed E-state index contributed by atoms with van der Waals surface area (Å²) in [6, 6.07) is 11.6. The largest absolute Gasteiger partial charge is 0.494 e. The van der Waals surface area contributed by atoms with Crippen LogP contribution in [0, 0.1) is 0 Å². The summed E-state index contributed by atoms with van der Waals surface area (Å²) < 4.78 is 10.9. The van der Waals surface area contributed by atoms with E-state index in [0.717, 1.165) is 37.8 Å². The number of nitrogens with zero attached hydrogens (tertiary/aromatic N) is 3. The molecule has 7 nitrogen and oxygen atoms in total. The highest BCUT2D eigenvalue weighted by atomic mass is 127. The fraction of sp³-hybridized carbons (Fsp3) is 0.455. The molecule has 1 saturated heterocycles. The Bertz CT molecular complexity index is 802. The van der Waals surface area contributed by atoms with Crippen LogP contribution in [0.4, 0.5) is 0 Å². The third-order valence-electron chi connectivity index (χ3n) is 4.85. The number of carbonyl (C=O) groups is 1. The fourth-order valence-electron chi connectivity index (χ4n) is 3.39. The van der Waals surface area contributed by atoms with Crippen LogP contribution in [-0.2, 0) is 6.42 Å². The average molecular weight is 526 g/mol. The minimum atomic E-state index is -0.0517. The quantitative estimate of drug-likeness (QED) is 0.341. The van der Waals surface area contributed by atoms with Gasteiger partial charge in [-0.15, -0.1) is 24.0 Å². The number of amides is 1. The Morgan fingerprint density at radius 3 is 2.50 bits per heavy atom. The molecule has 1 aromatic heterocycles. The van der Waals surface area contributed by atoms with Gasteiger partial charge in [-0.3, -0.25) is 9.79 Å². The zero-order valence-corrected chi connectivity index (χ0v) is 20.0. The van der Waals surface area contributed by atoms with Gasteiger partial charge in [0.15, 0.2) is 11.7 Å². The number of hydrogen-bond donors (Lipinski definition) is 1. The highest BCUT2D eigenvalue weighted by Gasteiger charge is 2.25. The molecular formula is C22H31IN4O3. The van der Waals surface area contributed by atoms with Gasteiger partial charge in [0.2, 0.25) is 0 Å². The molecule has 0 aliphatic carbocycles. The molecule has 0 bridgehead atoms. The van der Waals surface area contributed by atoms with E-state index < -0.39 is 0 Å². The number of halogens is 1. The van der Waals surface area contributed by atoms with Crippen LogP contribution in [0.25, 0.3) is 0 Å². The van der Waals surface area contributed by atoms with Crippen molar-refractivity contribution >= 4 is 35.8 Å². The number of guanidine groups is 1. The van der Waals surface area contributed by atoms with Crippen LogP contribution < -0.4 is 10.1 Å². The van der Waals surface area contributed by atoms with Crippen molar-refractivity contribution in [3.05, 3.63) is 54.0 Å². The van der Waals surface area contributed by atoms with Crippen molar-refractivity contribution in [3.8, 4) is 5.75 Å². The zero-order valence-electron chi connectivity index (χ0n) is 17.7. The van der Waals surface area contributed by atoms with Gasteiger partial charge >= 0.3 is 0 Å². The Morgan fingerprint density at radius 2 is 1.83 bits per heavy atom. The van der Waals surface area contributed by atoms with E-state index >= 15 is 0 Å². The van der Waals surface area contributed by atoms with Crippen molar-refractivity contribution in [2.45, 2.75) is 20.3 Å². The van der Waals surface area contributed by atoms with E-state index in [-0.39, 0.29) is 29.9 Å². The first-order valence-corrected chi connectivity index (χ1v) is 10.3. The number of rotatable bonds is 7. The van der Waals surface area contributed by atoms with Gasteiger partial charge < -0.3 is 24.3 Å². The van der Waals surface area contributed by atoms with Crippen molar-refractivity contribution in [1.29, 1.82) is 0 Å². The molecule has 0 unspecified atom stereocenters. The van der Waals surface area contributed by atoms with Crippen LogP contribution >= 0.6 is 24.0 Å². The third kappa shape index (κ3) is 6.38. The highest BCUT2D eigenvalue weighted by molar-refractivity contribution is 14.0. The summed E-state index contributed by atoms with van der Waals surface area (Å²) in [6.45, 7) is 8.99. The van der Waals surface area contributed by atoms with Crippen molar-refractivity contribution in [2.24, 2.45) is 4.99 Å². The van der Waals surface area contributed by atoms with Crippen molar-refractivity contribution < 1.29 is 13.9 Å². The van der Waals surface area contributed by atoms with Crippen molar-refractivity contribution in [1.82, 2.24) is 15.1 Å². The van der Waals surface area contributed by atoms with E-state index in [0.29, 0.717) is 32.0 Å². The minimum absolute atomic E-state index is 0. The van der Waals surface area contributed by atoms with Gasteiger partial charge in [0.25, 0.3) is 5.91 Å². The Kier molecular flexibility index (Phi) is 9.99. The molecule has 30 heavy (non-hydrogen) atoms. The van der Waals surface area contributed by atoms with Gasteiger partial charge in [-0.05, 0) is 44.0 Å². The predicted octanol–water partition coefficient (Wildman–Crippen LogP) is 3.26. The molecule has 3 rings (SSSR count). The molecule has 2 aromatic rings. The molecule has 1 fully saturated rings. The first-order chi connectivity index (χ1) is 14.2. The van der Waals surface area contributed by atoms with Gasteiger partial charge in [0, 0.05) is 39.3 Å². The van der Waals surface area contributed by atoms with Crippen LogP contribution in [0.1, 0.15) is 30.0 Å². The first kappa shape index (κ1) is 24.0. The standard InChI is InChI=1S/C22H30N4O3.HI/c1-3-23-22(24-12-11-18-8-5-6-9-19(18)28-4-2)26-15-13-25(14-16-26)21(27)20-10-7-17-29-20;/h5-10,17H,3-4,11-16H2,1-2H3,(H,23,24);1H. The monoisotopic (exact) mass is 526 g/mol. The molecule has 1 N–H and O–H groups in total. The molecule has 0 atom stereocenters. The number of carbonyl (C=O) groups excluding carboxylic acids is 1. The molecule has 0 spiro atoms. The smallest absolute Gasteiger partial charge is 0.289 e. The molecular weight excluding hydrogens is 495 g/mol. The summed E-state index contributed by atoms with van der Waals surface area (Å²) in [5.41, 5.74) is 1.17. The first-order valence-electron chi connectivity index (χ1n) is 10.3. The molecule has 1 aliphatic rings. The fourth-order valence-corrected chi connectivity index (χ4v) is 3.39. The summed E-state index contributed by atoms with van der Waals surface area (Å²) in [7, 11) is 0. The van der Waals surface area contributed by atoms with E-state index in [2.05, 4.69) is 23.2 Å². The van der Waals surface area contributed by atoms with Gasteiger partial charge in [-0.2, -0.15) is 0 Å². The lowest BCUT2D eigenvalue weighted by molar-refractivity contribution is 0.0657. The number of ether oxygens (including phenoxy) is 1. The zero-order chi connectivity index (χ0) is 20.5. The van der Waals surface area contributed by atoms with Crippen LogP contribution in [0.5, 0.6) is 5.75 Å². The second-order valence-corrected chi connectivity index (χ2v) is 6.78. The number of para-hydroxylation sites is 1. The number of piperazine rings is 1. The Morgan fingerprint density at radius 1 is 1.10 bits per heavy atom. The van der Waals surface area contributed by atoms with E-state index in [1.54, 1.807) is 12.1 Å². The topological polar surface area (TPSA) is 70.3 Å². The summed E-state index contributed by atoms with van der Waals surface area (Å²) >= 11 is 0. The Hall–Kier alpha value is -2.23. The van der Waals surface area contributed by atoms with Crippen LogP contribution in [0.2, 0.25) is 0 Å². The van der Waals surface area contributed by atoms with Crippen molar-refractivity contribution in [3.63, 3.8) is 0 Å². The van der Waals surface area contributed by atoms with E-state index in [9.17, 15) is 4.79 Å². The van der Waals surface area contributed by atoms with Crippen molar-refractivity contribution in [2.75, 3.05) is 45.9 Å². The van der Waals surface area contributed by atoms with Crippen LogP contribution in [0.15, 0.2) is 52.1 Å². The summed E-state index contributed by atoms with van der Waals surface area (Å²) in [6.07, 6.45) is 2.35. The highest BCUT2D eigenvalue weighted by Crippen LogP contribution is 2.18. The predicted molar refractivity (Wildman–Crippen MR) is 129 cm³/mol. The normalized spacial score (nSPS) is 14.3. The molecule has 2 heterocycles. The van der Waals surface area contributed by atoms with Gasteiger partial charge in [0.05, 0.1) is 12.9 Å². The molecule has 164 valence electrons. The Labute approximate surface area is 195 Å². The van der Waals surface area contributed by atoms with Gasteiger partial charge in [-0.1, -0.05) is 18.2 Å². The molecule has 8 heteroatoms. The maximum Gasteiger partial charge on any atom is 0.289 e. The summed E-state index contributed by atoms with van der Waals surface area (Å²) in [4.78, 5) is 21.3. The van der Waals surface area contributed by atoms with E-state index in [1.807, 2.05) is 30.0 Å². The lowest BCUT2D eigenvalue weighted by Gasteiger charge is -2.36. The molecule has 0 saturated carbocycles. The number of furan rings is 1.